The Morgan fingerprint density at radius 2 is 1.70 bits per heavy atom. The van der Waals surface area contributed by atoms with Crippen molar-refractivity contribution in [1.29, 1.82) is 0 Å². The Labute approximate surface area is 140 Å². The Morgan fingerprint density at radius 1 is 1.09 bits per heavy atom. The van der Waals surface area contributed by atoms with Gasteiger partial charge in [-0.3, -0.25) is 5.01 Å². The molecule has 0 saturated carbocycles. The van der Waals surface area contributed by atoms with Gasteiger partial charge in [0.1, 0.15) is 0 Å². The molecule has 0 amide bonds. The maximum absolute atomic E-state index is 10.5. The minimum Gasteiger partial charge on any atom is -0.478 e. The van der Waals surface area contributed by atoms with Gasteiger partial charge in [0.2, 0.25) is 0 Å². The number of rotatable bonds is 6. The number of carboxylic acid groups (broad SMARTS) is 1. The van der Waals surface area contributed by atoms with Crippen LogP contribution in [0.25, 0.3) is 0 Å². The van der Waals surface area contributed by atoms with Crippen LogP contribution >= 0.6 is 12.2 Å². The number of benzene rings is 2. The highest BCUT2D eigenvalue weighted by molar-refractivity contribution is 7.80. The van der Waals surface area contributed by atoms with E-state index >= 15 is 0 Å². The molecule has 0 atom stereocenters. The maximum atomic E-state index is 10.5. The number of hydrogen-bond acceptors (Lipinski definition) is 3. The second-order valence-electron chi connectivity index (χ2n) is 4.57. The lowest BCUT2D eigenvalue weighted by molar-refractivity contribution is -0.131. The first-order valence-electron chi connectivity index (χ1n) is 7.01. The van der Waals surface area contributed by atoms with Gasteiger partial charge in [-0.05, 0) is 36.5 Å². The number of para-hydroxylation sites is 2. The molecule has 2 aromatic rings. The summed E-state index contributed by atoms with van der Waals surface area (Å²) in [6.45, 7) is 0.331. The fraction of sp³-hybridized carbons (Fsp3) is 0.0588. The van der Waals surface area contributed by atoms with E-state index in [2.05, 4.69) is 10.7 Å². The van der Waals surface area contributed by atoms with Crippen molar-refractivity contribution in [2.24, 2.45) is 0 Å². The number of nitrogens with zero attached hydrogens (tertiary/aromatic N) is 1. The van der Waals surface area contributed by atoms with Crippen LogP contribution < -0.4 is 15.8 Å². The Bertz CT molecular complexity index is 675. The van der Waals surface area contributed by atoms with Gasteiger partial charge in [-0.15, -0.1) is 0 Å². The molecule has 2 rings (SSSR count). The summed E-state index contributed by atoms with van der Waals surface area (Å²) in [6.07, 6.45) is 2.60. The molecular weight excluding hydrogens is 310 g/mol. The van der Waals surface area contributed by atoms with E-state index in [0.29, 0.717) is 11.7 Å². The Balaban J connectivity index is 2.09. The van der Waals surface area contributed by atoms with Gasteiger partial charge in [-0.1, -0.05) is 42.5 Å². The maximum Gasteiger partial charge on any atom is 0.328 e. The SMILES string of the molecule is O=C(O)C=CCNN(C(=S)Nc1ccccc1)c1ccccc1. The third-order valence-electron chi connectivity index (χ3n) is 2.87. The molecule has 5 nitrogen and oxygen atoms in total. The van der Waals surface area contributed by atoms with Gasteiger partial charge in [-0.25, -0.2) is 10.2 Å². The molecule has 0 aliphatic heterocycles. The van der Waals surface area contributed by atoms with E-state index in [-0.39, 0.29) is 0 Å². The zero-order valence-corrected chi connectivity index (χ0v) is 13.2. The standard InChI is InChI=1S/C17H17N3O2S/c21-16(22)12-7-13-18-20(15-10-5-2-6-11-15)17(23)19-14-8-3-1-4-9-14/h1-12,18H,13H2,(H,19,23)(H,21,22). The molecule has 2 aromatic carbocycles. The van der Waals surface area contributed by atoms with E-state index < -0.39 is 5.97 Å². The summed E-state index contributed by atoms with van der Waals surface area (Å²) in [4.78, 5) is 10.5. The average Bonchev–Trinajstić information content (AvgIpc) is 2.56. The van der Waals surface area contributed by atoms with Crippen LogP contribution in [-0.4, -0.2) is 22.7 Å². The average molecular weight is 327 g/mol. The van der Waals surface area contributed by atoms with Crippen LogP contribution in [0.2, 0.25) is 0 Å². The predicted molar refractivity (Wildman–Crippen MR) is 96.4 cm³/mol. The van der Waals surface area contributed by atoms with Crippen molar-refractivity contribution in [3.8, 4) is 0 Å². The van der Waals surface area contributed by atoms with E-state index in [4.69, 9.17) is 17.3 Å². The van der Waals surface area contributed by atoms with E-state index in [1.165, 1.54) is 6.08 Å². The van der Waals surface area contributed by atoms with Crippen LogP contribution in [0.4, 0.5) is 11.4 Å². The second kappa shape index (κ2) is 8.67. The summed E-state index contributed by atoms with van der Waals surface area (Å²) in [7, 11) is 0. The summed E-state index contributed by atoms with van der Waals surface area (Å²) in [5, 5.41) is 13.9. The Morgan fingerprint density at radius 3 is 2.30 bits per heavy atom. The molecule has 0 aliphatic carbocycles. The first kappa shape index (κ1) is 16.7. The van der Waals surface area contributed by atoms with Crippen molar-refractivity contribution in [3.63, 3.8) is 0 Å². The van der Waals surface area contributed by atoms with Crippen molar-refractivity contribution >= 4 is 34.7 Å². The molecule has 0 radical (unpaired) electrons. The monoisotopic (exact) mass is 327 g/mol. The molecule has 0 heterocycles. The van der Waals surface area contributed by atoms with Crippen LogP contribution in [0.1, 0.15) is 0 Å². The number of carboxylic acids is 1. The highest BCUT2D eigenvalue weighted by Gasteiger charge is 2.11. The molecule has 23 heavy (non-hydrogen) atoms. The van der Waals surface area contributed by atoms with Gasteiger partial charge in [0.25, 0.3) is 0 Å². The normalized spacial score (nSPS) is 10.4. The van der Waals surface area contributed by atoms with Crippen LogP contribution in [0.3, 0.4) is 0 Å². The van der Waals surface area contributed by atoms with Crippen LogP contribution in [0.5, 0.6) is 0 Å². The van der Waals surface area contributed by atoms with Gasteiger partial charge >= 0.3 is 5.97 Å². The fourth-order valence-electron chi connectivity index (χ4n) is 1.86. The van der Waals surface area contributed by atoms with Crippen molar-refractivity contribution < 1.29 is 9.90 Å². The lowest BCUT2D eigenvalue weighted by Gasteiger charge is -2.26. The largest absolute Gasteiger partial charge is 0.478 e. The number of thiocarbonyl (C=S) groups is 1. The third kappa shape index (κ3) is 5.54. The van der Waals surface area contributed by atoms with E-state index in [9.17, 15) is 4.79 Å². The Kier molecular flexibility index (Phi) is 6.28. The fourth-order valence-corrected chi connectivity index (χ4v) is 2.15. The number of carbonyl (C=O) groups is 1. The van der Waals surface area contributed by atoms with Gasteiger partial charge in [-0.2, -0.15) is 0 Å². The number of aliphatic carboxylic acids is 1. The molecule has 3 N–H and O–H groups in total. The molecule has 6 heteroatoms. The summed E-state index contributed by atoms with van der Waals surface area (Å²) >= 11 is 5.45. The molecule has 0 saturated heterocycles. The van der Waals surface area contributed by atoms with Crippen LogP contribution in [-0.2, 0) is 4.79 Å². The third-order valence-corrected chi connectivity index (χ3v) is 3.15. The lowest BCUT2D eigenvalue weighted by Crippen LogP contribution is -2.45. The second-order valence-corrected chi connectivity index (χ2v) is 4.96. The van der Waals surface area contributed by atoms with Crippen LogP contribution in [0.15, 0.2) is 72.8 Å². The van der Waals surface area contributed by atoms with Gasteiger partial charge < -0.3 is 10.4 Å². The smallest absolute Gasteiger partial charge is 0.328 e. The van der Waals surface area contributed by atoms with E-state index in [0.717, 1.165) is 17.5 Å². The molecular formula is C17H17N3O2S. The Hall–Kier alpha value is -2.70. The first-order chi connectivity index (χ1) is 11.2. The van der Waals surface area contributed by atoms with Gasteiger partial charge in [0.15, 0.2) is 5.11 Å². The van der Waals surface area contributed by atoms with E-state index in [1.807, 2.05) is 60.7 Å². The first-order valence-corrected chi connectivity index (χ1v) is 7.42. The summed E-state index contributed by atoms with van der Waals surface area (Å²) in [5.74, 6) is -0.983. The van der Waals surface area contributed by atoms with Crippen molar-refractivity contribution in [2.45, 2.75) is 0 Å². The molecule has 0 aromatic heterocycles. The molecule has 0 unspecified atom stereocenters. The van der Waals surface area contributed by atoms with Gasteiger partial charge in [0.05, 0.1) is 5.69 Å². The summed E-state index contributed by atoms with van der Waals surface area (Å²) in [5.41, 5.74) is 4.82. The van der Waals surface area contributed by atoms with Crippen molar-refractivity contribution in [1.82, 2.24) is 5.43 Å². The minimum absolute atomic E-state index is 0.331. The highest BCUT2D eigenvalue weighted by Crippen LogP contribution is 2.14. The minimum atomic E-state index is -0.983. The highest BCUT2D eigenvalue weighted by atomic mass is 32.1. The predicted octanol–water partition coefficient (Wildman–Crippen LogP) is 3.04. The molecule has 0 fully saturated rings. The van der Waals surface area contributed by atoms with Crippen LogP contribution in [0, 0.1) is 0 Å². The molecule has 0 aliphatic rings. The quantitative estimate of drug-likeness (QED) is 0.431. The zero-order chi connectivity index (χ0) is 16.5. The molecule has 0 spiro atoms. The lowest BCUT2D eigenvalue weighted by atomic mass is 10.3. The summed E-state index contributed by atoms with van der Waals surface area (Å²) in [6, 6.07) is 19.1. The van der Waals surface area contributed by atoms with Crippen molar-refractivity contribution in [3.05, 3.63) is 72.8 Å². The summed E-state index contributed by atoms with van der Waals surface area (Å²) < 4.78 is 0. The number of nitrogens with one attached hydrogen (secondary N) is 2. The topological polar surface area (TPSA) is 64.6 Å². The number of hydrazine groups is 1. The van der Waals surface area contributed by atoms with E-state index in [1.54, 1.807) is 5.01 Å². The number of hydrogen-bond donors (Lipinski definition) is 3. The van der Waals surface area contributed by atoms with Crippen molar-refractivity contribution in [2.75, 3.05) is 16.9 Å². The molecule has 118 valence electrons. The molecule has 0 bridgehead atoms. The number of anilines is 2. The van der Waals surface area contributed by atoms with Gasteiger partial charge in [0, 0.05) is 18.3 Å². The zero-order valence-electron chi connectivity index (χ0n) is 12.3.